The Morgan fingerprint density at radius 2 is 2.03 bits per heavy atom. The van der Waals surface area contributed by atoms with E-state index in [0.717, 1.165) is 0 Å². The van der Waals surface area contributed by atoms with Gasteiger partial charge in [-0.1, -0.05) is 18.5 Å². The van der Waals surface area contributed by atoms with Crippen molar-refractivity contribution in [2.45, 2.75) is 24.7 Å². The van der Waals surface area contributed by atoms with E-state index in [4.69, 9.17) is 11.6 Å². The van der Waals surface area contributed by atoms with E-state index >= 15 is 0 Å². The first-order valence-electron chi connectivity index (χ1n) is 8.89. The summed E-state index contributed by atoms with van der Waals surface area (Å²) in [5.41, 5.74) is -2.13. The van der Waals surface area contributed by atoms with E-state index in [-0.39, 0.29) is 33.4 Å². The van der Waals surface area contributed by atoms with Gasteiger partial charge in [0.15, 0.2) is 25.8 Å². The van der Waals surface area contributed by atoms with Crippen LogP contribution in [0.5, 0.6) is 0 Å². The van der Waals surface area contributed by atoms with Crippen LogP contribution in [-0.4, -0.2) is 49.6 Å². The van der Waals surface area contributed by atoms with Crippen LogP contribution in [0.2, 0.25) is 5.15 Å². The third kappa shape index (κ3) is 4.55. The van der Waals surface area contributed by atoms with E-state index in [9.17, 15) is 31.5 Å². The van der Waals surface area contributed by atoms with Crippen LogP contribution in [0, 0.1) is 0 Å². The topological polar surface area (TPSA) is 132 Å². The predicted molar refractivity (Wildman–Crippen MR) is 107 cm³/mol. The quantitative estimate of drug-likeness (QED) is 0.514. The molecule has 0 aliphatic carbocycles. The number of aromatic nitrogens is 5. The van der Waals surface area contributed by atoms with Gasteiger partial charge < -0.3 is 15.0 Å². The molecule has 3 aromatic heterocycles. The average Bonchev–Trinajstić information content (AvgIpc) is 3.28. The molecule has 0 aliphatic rings. The molecule has 32 heavy (non-hydrogen) atoms. The molecule has 172 valence electrons. The molecule has 3 heterocycles. The van der Waals surface area contributed by atoms with Crippen molar-refractivity contribution in [2.75, 3.05) is 11.1 Å². The van der Waals surface area contributed by atoms with E-state index < -0.39 is 39.7 Å². The minimum atomic E-state index is -4.77. The fraction of sp³-hybridized carbons (Fsp3) is 0.294. The molecule has 0 unspecified atom stereocenters. The minimum absolute atomic E-state index is 0.0882. The summed E-state index contributed by atoms with van der Waals surface area (Å²) >= 11 is 5.81. The van der Waals surface area contributed by atoms with Gasteiger partial charge in [0.25, 0.3) is 0 Å². The van der Waals surface area contributed by atoms with Gasteiger partial charge in [0.1, 0.15) is 0 Å². The van der Waals surface area contributed by atoms with E-state index in [1.54, 1.807) is 0 Å². The van der Waals surface area contributed by atoms with Crippen LogP contribution in [-0.2, 0) is 29.6 Å². The van der Waals surface area contributed by atoms with Gasteiger partial charge in [0, 0.05) is 19.4 Å². The molecular weight excluding hydrogens is 477 g/mol. The Morgan fingerprint density at radius 3 is 2.56 bits per heavy atom. The highest BCUT2D eigenvalue weighted by Gasteiger charge is 2.33. The summed E-state index contributed by atoms with van der Waals surface area (Å²) < 4.78 is 66.5. The number of hydrogen-bond acceptors (Lipinski definition) is 7. The standard InChI is InChI=1S/C17H16ClF3N6O4S/c1-3-32(30,31)14-13(24-16(26(14)2)27-5-4-12(18)25-27)23-8-11-10(15(28)29)6-9(7-22-11)17(19,20)21/h4-7,23H,3,8H2,1-2H3,(H,28,29). The smallest absolute Gasteiger partial charge is 0.417 e. The summed E-state index contributed by atoms with van der Waals surface area (Å²) in [6, 6.07) is 1.92. The Bertz CT molecular complexity index is 1290. The maximum atomic E-state index is 12.9. The monoisotopic (exact) mass is 492 g/mol. The molecule has 0 fully saturated rings. The lowest BCUT2D eigenvalue weighted by Gasteiger charge is -2.12. The number of anilines is 1. The summed E-state index contributed by atoms with van der Waals surface area (Å²) in [6.07, 6.45) is -2.81. The zero-order valence-electron chi connectivity index (χ0n) is 16.6. The van der Waals surface area contributed by atoms with Gasteiger partial charge in [0.2, 0.25) is 5.95 Å². The molecule has 0 radical (unpaired) electrons. The van der Waals surface area contributed by atoms with Crippen LogP contribution in [0.4, 0.5) is 19.0 Å². The molecule has 0 aromatic carbocycles. The number of nitrogens with zero attached hydrogens (tertiary/aromatic N) is 5. The number of imidazole rings is 1. The highest BCUT2D eigenvalue weighted by Crippen LogP contribution is 2.30. The maximum absolute atomic E-state index is 12.9. The summed E-state index contributed by atoms with van der Waals surface area (Å²) in [5.74, 6) is -1.94. The van der Waals surface area contributed by atoms with Crippen LogP contribution in [0.3, 0.4) is 0 Å². The molecule has 0 atom stereocenters. The van der Waals surface area contributed by atoms with Gasteiger partial charge in [0.05, 0.1) is 29.1 Å². The number of sulfone groups is 1. The zero-order chi connectivity index (χ0) is 23.8. The number of carboxylic acids is 1. The Balaban J connectivity index is 2.03. The lowest BCUT2D eigenvalue weighted by atomic mass is 10.1. The lowest BCUT2D eigenvalue weighted by Crippen LogP contribution is -2.16. The molecular formula is C17H16ClF3N6O4S. The van der Waals surface area contributed by atoms with Gasteiger partial charge >= 0.3 is 12.1 Å². The maximum Gasteiger partial charge on any atom is 0.417 e. The fourth-order valence-electron chi connectivity index (χ4n) is 2.84. The number of aromatic carboxylic acids is 1. The molecule has 10 nitrogen and oxygen atoms in total. The summed E-state index contributed by atoms with van der Waals surface area (Å²) in [7, 11) is -2.38. The molecule has 3 rings (SSSR count). The summed E-state index contributed by atoms with van der Waals surface area (Å²) in [4.78, 5) is 19.3. The number of carboxylic acid groups (broad SMARTS) is 1. The molecule has 0 bridgehead atoms. The Kier molecular flexibility index (Phi) is 6.20. The number of carbonyl (C=O) groups is 1. The first-order valence-corrected chi connectivity index (χ1v) is 10.9. The van der Waals surface area contributed by atoms with E-state index in [1.165, 1.54) is 35.5 Å². The van der Waals surface area contributed by atoms with Crippen LogP contribution >= 0.6 is 11.6 Å². The van der Waals surface area contributed by atoms with Crippen molar-refractivity contribution in [3.8, 4) is 5.95 Å². The van der Waals surface area contributed by atoms with Crippen molar-refractivity contribution in [3.05, 3.63) is 46.5 Å². The van der Waals surface area contributed by atoms with Gasteiger partial charge in [-0.05, 0) is 12.1 Å². The van der Waals surface area contributed by atoms with Crippen molar-refractivity contribution >= 4 is 33.2 Å². The minimum Gasteiger partial charge on any atom is -0.478 e. The molecule has 0 spiro atoms. The van der Waals surface area contributed by atoms with E-state index in [2.05, 4.69) is 20.4 Å². The third-order valence-electron chi connectivity index (χ3n) is 4.41. The molecule has 0 aliphatic heterocycles. The van der Waals surface area contributed by atoms with Crippen molar-refractivity contribution in [2.24, 2.45) is 7.05 Å². The molecule has 0 amide bonds. The average molecular weight is 493 g/mol. The number of rotatable bonds is 7. The number of alkyl halides is 3. The summed E-state index contributed by atoms with van der Waals surface area (Å²) in [6.45, 7) is 1.03. The molecule has 0 saturated carbocycles. The largest absolute Gasteiger partial charge is 0.478 e. The molecule has 0 saturated heterocycles. The Labute approximate surface area is 184 Å². The zero-order valence-corrected chi connectivity index (χ0v) is 18.1. The van der Waals surface area contributed by atoms with Gasteiger partial charge in [-0.15, -0.1) is 0 Å². The second-order valence-corrected chi connectivity index (χ2v) is 9.07. The number of hydrogen-bond donors (Lipinski definition) is 2. The Morgan fingerprint density at radius 1 is 1.34 bits per heavy atom. The lowest BCUT2D eigenvalue weighted by molar-refractivity contribution is -0.137. The van der Waals surface area contributed by atoms with E-state index in [0.29, 0.717) is 12.3 Å². The van der Waals surface area contributed by atoms with Gasteiger partial charge in [-0.3, -0.25) is 4.98 Å². The third-order valence-corrected chi connectivity index (χ3v) is 6.42. The van der Waals surface area contributed by atoms with Crippen molar-refractivity contribution in [1.29, 1.82) is 0 Å². The van der Waals surface area contributed by atoms with Crippen LogP contribution in [0.25, 0.3) is 5.95 Å². The highest BCUT2D eigenvalue weighted by atomic mass is 35.5. The first-order chi connectivity index (χ1) is 14.8. The van der Waals surface area contributed by atoms with Crippen LogP contribution in [0.15, 0.2) is 29.6 Å². The summed E-state index contributed by atoms with van der Waals surface area (Å²) in [5, 5.41) is 15.9. The Hall–Kier alpha value is -3.13. The second kappa shape index (κ2) is 8.43. The second-order valence-electron chi connectivity index (χ2n) is 6.49. The van der Waals surface area contributed by atoms with E-state index in [1.807, 2.05) is 0 Å². The molecule has 3 aromatic rings. The number of nitrogens with one attached hydrogen (secondary N) is 1. The van der Waals surface area contributed by atoms with Crippen molar-refractivity contribution in [3.63, 3.8) is 0 Å². The van der Waals surface area contributed by atoms with Gasteiger partial charge in [-0.2, -0.15) is 23.3 Å². The molecule has 2 N–H and O–H groups in total. The first kappa shape index (κ1) is 23.5. The SMILES string of the molecule is CCS(=O)(=O)c1c(NCc2ncc(C(F)(F)F)cc2C(=O)O)nc(-n2ccc(Cl)n2)n1C. The van der Waals surface area contributed by atoms with Crippen molar-refractivity contribution < 1.29 is 31.5 Å². The van der Waals surface area contributed by atoms with Gasteiger partial charge in [-0.25, -0.2) is 17.9 Å². The fourth-order valence-corrected chi connectivity index (χ4v) is 4.16. The normalized spacial score (nSPS) is 12.2. The highest BCUT2D eigenvalue weighted by molar-refractivity contribution is 7.91. The molecule has 15 heteroatoms. The van der Waals surface area contributed by atoms with Crippen LogP contribution < -0.4 is 5.32 Å². The predicted octanol–water partition coefficient (Wildman–Crippen LogP) is 2.78. The number of pyridine rings is 1. The van der Waals surface area contributed by atoms with Crippen molar-refractivity contribution in [1.82, 2.24) is 24.3 Å². The number of halogens is 4. The van der Waals surface area contributed by atoms with Crippen LogP contribution in [0.1, 0.15) is 28.5 Å².